The van der Waals surface area contributed by atoms with E-state index < -0.39 is 8.60 Å². The minimum atomic E-state index is -2.10. The van der Waals surface area contributed by atoms with Gasteiger partial charge in [0.05, 0.1) is 0 Å². The van der Waals surface area contributed by atoms with Gasteiger partial charge in [0.2, 0.25) is 0 Å². The fraction of sp³-hybridized carbons (Fsp3) is 0.647. The molecule has 1 aromatic rings. The van der Waals surface area contributed by atoms with Crippen LogP contribution in [-0.2, 0) is 21.8 Å². The molecule has 1 rings (SSSR count). The van der Waals surface area contributed by atoms with Crippen LogP contribution in [0.4, 0.5) is 0 Å². The normalized spacial score (nSPS) is 11.6. The molecular formula is C17H33CaO4P. The molecule has 0 aliphatic rings. The molecule has 0 amide bonds. The van der Waals surface area contributed by atoms with Crippen LogP contribution in [0.2, 0.25) is 0 Å². The number of hydrogen-bond donors (Lipinski definition) is 3. The Morgan fingerprint density at radius 1 is 1.00 bits per heavy atom. The zero-order valence-corrected chi connectivity index (χ0v) is 18.9. The summed E-state index contributed by atoms with van der Waals surface area (Å²) in [5.74, 6) is 0.474. The van der Waals surface area contributed by atoms with Crippen molar-refractivity contribution in [1.29, 1.82) is 0 Å². The first-order valence-corrected chi connectivity index (χ1v) is 8.59. The third kappa shape index (κ3) is 9.02. The summed E-state index contributed by atoms with van der Waals surface area (Å²) >= 11 is 0. The van der Waals surface area contributed by atoms with Gasteiger partial charge in [-0.3, -0.25) is 0 Å². The van der Waals surface area contributed by atoms with Gasteiger partial charge in [-0.2, -0.15) is 0 Å². The third-order valence-corrected chi connectivity index (χ3v) is 3.68. The Morgan fingerprint density at radius 2 is 1.30 bits per heavy atom. The third-order valence-electron chi connectivity index (χ3n) is 3.36. The maximum absolute atomic E-state index is 10.5. The molecule has 0 aromatic heterocycles. The van der Waals surface area contributed by atoms with Gasteiger partial charge >= 0.3 is 46.3 Å². The maximum Gasteiger partial charge on any atom is 2.00 e. The number of phenolic OH excluding ortho intramolecular Hbond substituents is 1. The van der Waals surface area contributed by atoms with Crippen LogP contribution >= 0.6 is 8.60 Å². The monoisotopic (exact) mass is 372 g/mol. The van der Waals surface area contributed by atoms with E-state index >= 15 is 0 Å². The van der Waals surface area contributed by atoms with Crippen LogP contribution in [0.5, 0.6) is 5.75 Å². The van der Waals surface area contributed by atoms with Gasteiger partial charge in [-0.25, -0.2) is 0 Å². The molecule has 0 atom stereocenters. The molecule has 0 radical (unpaired) electrons. The molecule has 0 aliphatic carbocycles. The average Bonchev–Trinajstić information content (AvgIpc) is 2.36. The molecule has 3 N–H and O–H groups in total. The van der Waals surface area contributed by atoms with Gasteiger partial charge in [0.1, 0.15) is 5.75 Å². The van der Waals surface area contributed by atoms with Gasteiger partial charge in [0, 0.05) is 7.11 Å². The largest absolute Gasteiger partial charge is 2.00 e. The van der Waals surface area contributed by atoms with Crippen LogP contribution in [0.1, 0.15) is 68.0 Å². The average molecular weight is 372 g/mol. The Labute approximate surface area is 175 Å². The minimum absolute atomic E-state index is 0. The Hall–Kier alpha value is 0.590. The molecule has 4 nitrogen and oxygen atoms in total. The van der Waals surface area contributed by atoms with Crippen molar-refractivity contribution in [2.75, 3.05) is 7.11 Å². The summed E-state index contributed by atoms with van der Waals surface area (Å²) in [7, 11) is -0.870. The maximum atomic E-state index is 10.5. The molecule has 23 heavy (non-hydrogen) atoms. The number of hydrogen-bond acceptors (Lipinski definition) is 4. The van der Waals surface area contributed by atoms with E-state index in [-0.39, 0.29) is 51.4 Å². The van der Waals surface area contributed by atoms with E-state index in [1.54, 1.807) is 0 Å². The van der Waals surface area contributed by atoms with E-state index in [4.69, 9.17) is 9.79 Å². The van der Waals surface area contributed by atoms with Crippen LogP contribution in [0.15, 0.2) is 12.1 Å². The molecule has 0 bridgehead atoms. The van der Waals surface area contributed by atoms with Crippen molar-refractivity contribution in [3.63, 3.8) is 0 Å². The van der Waals surface area contributed by atoms with Crippen LogP contribution in [0.3, 0.4) is 0 Å². The summed E-state index contributed by atoms with van der Waals surface area (Å²) < 4.78 is 3.93. The second kappa shape index (κ2) is 10.6. The number of benzene rings is 1. The smallest absolute Gasteiger partial charge is 1.00 e. The molecule has 0 fully saturated rings. The molecule has 6 heteroatoms. The van der Waals surface area contributed by atoms with Gasteiger partial charge in [-0.15, -0.1) is 0 Å². The number of aryl methyl sites for hydroxylation is 1. The van der Waals surface area contributed by atoms with Crippen molar-refractivity contribution >= 4 is 46.3 Å². The number of aromatic hydroxyl groups is 1. The SMILES string of the molecule is CCc1cc(C(C)(C)C)c(O)c(C(C)(C)C)c1.COP(O)O.[Ca+2].[H-].[H-]. The minimum Gasteiger partial charge on any atom is -1.00 e. The second-order valence-electron chi connectivity index (χ2n) is 7.33. The summed E-state index contributed by atoms with van der Waals surface area (Å²) in [4.78, 5) is 15.5. The summed E-state index contributed by atoms with van der Waals surface area (Å²) in [5.41, 5.74) is 3.38. The first-order chi connectivity index (χ1) is 9.84. The Kier molecular flexibility index (Phi) is 11.8. The zero-order valence-electron chi connectivity index (χ0n) is 17.8. The first-order valence-electron chi connectivity index (χ1n) is 7.43. The quantitative estimate of drug-likeness (QED) is 0.536. The Morgan fingerprint density at radius 3 is 1.48 bits per heavy atom. The predicted octanol–water partition coefficient (Wildman–Crippen LogP) is 4.24. The van der Waals surface area contributed by atoms with Crippen molar-refractivity contribution < 1.29 is 22.3 Å². The van der Waals surface area contributed by atoms with Crippen molar-refractivity contribution in [1.82, 2.24) is 0 Å². The van der Waals surface area contributed by atoms with Crippen molar-refractivity contribution in [2.24, 2.45) is 0 Å². The second-order valence-corrected chi connectivity index (χ2v) is 8.20. The number of rotatable bonds is 2. The van der Waals surface area contributed by atoms with Crippen LogP contribution in [0, 0.1) is 0 Å². The van der Waals surface area contributed by atoms with Gasteiger partial charge in [-0.1, -0.05) is 60.6 Å². The zero-order chi connectivity index (χ0) is 17.7. The molecule has 0 saturated heterocycles. The summed E-state index contributed by atoms with van der Waals surface area (Å²) in [6.45, 7) is 15.0. The molecule has 0 heterocycles. The van der Waals surface area contributed by atoms with Gasteiger partial charge in [0.25, 0.3) is 0 Å². The fourth-order valence-electron chi connectivity index (χ4n) is 2.04. The molecule has 1 aromatic carbocycles. The van der Waals surface area contributed by atoms with E-state index in [0.717, 1.165) is 17.5 Å². The Bertz CT molecular complexity index is 452. The van der Waals surface area contributed by atoms with E-state index in [1.165, 1.54) is 12.7 Å². The topological polar surface area (TPSA) is 69.9 Å². The molecule has 132 valence electrons. The standard InChI is InChI=1S/C16H26O.CH5O3P.Ca.2H/c1-8-11-9-12(15(2,3)4)14(17)13(10-11)16(5,6)7;1-4-5(2)3;;;/h9-10,17H,8H2,1-7H3;2-3H,1H3;;;/q;;+2;2*-1. The van der Waals surface area contributed by atoms with Gasteiger partial charge < -0.3 is 22.3 Å². The van der Waals surface area contributed by atoms with Crippen molar-refractivity contribution in [3.05, 3.63) is 28.8 Å². The van der Waals surface area contributed by atoms with Crippen molar-refractivity contribution in [3.8, 4) is 5.75 Å². The van der Waals surface area contributed by atoms with E-state index in [0.29, 0.717) is 5.75 Å². The molecule has 0 spiro atoms. The van der Waals surface area contributed by atoms with Crippen LogP contribution < -0.4 is 0 Å². The summed E-state index contributed by atoms with van der Waals surface area (Å²) in [6, 6.07) is 4.29. The Balaban J connectivity index is -0.000000244. The van der Waals surface area contributed by atoms with E-state index in [1.807, 2.05) is 0 Å². The van der Waals surface area contributed by atoms with Crippen LogP contribution in [0.25, 0.3) is 0 Å². The first kappa shape index (κ1) is 25.8. The number of phenols is 1. The summed E-state index contributed by atoms with van der Waals surface area (Å²) in [6.07, 6.45) is 1.01. The van der Waals surface area contributed by atoms with Gasteiger partial charge in [-0.05, 0) is 33.9 Å². The molecule has 0 aliphatic heterocycles. The van der Waals surface area contributed by atoms with E-state index in [9.17, 15) is 5.11 Å². The molecule has 0 unspecified atom stereocenters. The summed E-state index contributed by atoms with van der Waals surface area (Å²) in [5, 5.41) is 10.5. The van der Waals surface area contributed by atoms with Crippen LogP contribution in [-0.4, -0.2) is 59.7 Å². The molecular weight excluding hydrogens is 339 g/mol. The predicted molar refractivity (Wildman–Crippen MR) is 101 cm³/mol. The van der Waals surface area contributed by atoms with E-state index in [2.05, 4.69) is 65.1 Å². The van der Waals surface area contributed by atoms with Crippen molar-refractivity contribution in [2.45, 2.75) is 65.7 Å². The fourth-order valence-corrected chi connectivity index (χ4v) is 2.04. The van der Waals surface area contributed by atoms with Gasteiger partial charge in [0.15, 0.2) is 0 Å². The molecule has 0 saturated carbocycles.